The highest BCUT2D eigenvalue weighted by Gasteiger charge is 2.30. The number of hydrogen-bond donors (Lipinski definition) is 2. The fourth-order valence-electron chi connectivity index (χ4n) is 2.02. The maximum absolute atomic E-state index is 12.2. The van der Waals surface area contributed by atoms with Gasteiger partial charge in [0.2, 0.25) is 0 Å². The van der Waals surface area contributed by atoms with Crippen molar-refractivity contribution in [2.24, 2.45) is 5.73 Å². The van der Waals surface area contributed by atoms with Crippen LogP contribution in [0, 0.1) is 0 Å². The Morgan fingerprint density at radius 3 is 2.58 bits per heavy atom. The maximum Gasteiger partial charge on any atom is 0.272 e. The molecule has 0 aliphatic carbocycles. The van der Waals surface area contributed by atoms with Crippen LogP contribution in [-0.2, 0) is 0 Å². The summed E-state index contributed by atoms with van der Waals surface area (Å²) in [4.78, 5) is 18.3. The number of thiocarbonyl (C=S) groups is 1. The van der Waals surface area contributed by atoms with Crippen LogP contribution in [-0.4, -0.2) is 44.6 Å². The Bertz CT molecular complexity index is 489. The molecule has 0 unspecified atom stereocenters. The summed E-state index contributed by atoms with van der Waals surface area (Å²) in [5, 5.41) is 9.86. The van der Waals surface area contributed by atoms with Crippen LogP contribution in [0.15, 0.2) is 18.3 Å². The predicted molar refractivity (Wildman–Crippen MR) is 75.9 cm³/mol. The lowest BCUT2D eigenvalue weighted by Gasteiger charge is -2.35. The fourth-order valence-corrected chi connectivity index (χ4v) is 2.14. The average molecular weight is 279 g/mol. The Balaban J connectivity index is 2.06. The molecule has 1 aliphatic heterocycles. The molecule has 2 heterocycles. The van der Waals surface area contributed by atoms with Crippen molar-refractivity contribution in [3.05, 3.63) is 29.6 Å². The maximum atomic E-state index is 12.2. The topological polar surface area (TPSA) is 79.5 Å². The van der Waals surface area contributed by atoms with Crippen LogP contribution in [0.3, 0.4) is 0 Å². The van der Waals surface area contributed by atoms with Gasteiger partial charge in [-0.1, -0.05) is 12.2 Å². The molecule has 3 N–H and O–H groups in total. The highest BCUT2D eigenvalue weighted by atomic mass is 32.1. The number of hydrogen-bond acceptors (Lipinski definition) is 4. The van der Waals surface area contributed by atoms with Gasteiger partial charge in [0.05, 0.1) is 5.60 Å². The summed E-state index contributed by atoms with van der Waals surface area (Å²) in [5.41, 5.74) is 5.84. The zero-order valence-corrected chi connectivity index (χ0v) is 11.6. The van der Waals surface area contributed by atoms with Crippen molar-refractivity contribution >= 4 is 23.1 Å². The SMILES string of the molecule is CC1(O)CCN(C(=O)c2ccc(C(N)=S)cn2)CC1. The van der Waals surface area contributed by atoms with Crippen LogP contribution < -0.4 is 5.73 Å². The Labute approximate surface area is 117 Å². The highest BCUT2D eigenvalue weighted by molar-refractivity contribution is 7.80. The first kappa shape index (κ1) is 13.9. The first-order valence-corrected chi connectivity index (χ1v) is 6.57. The van der Waals surface area contributed by atoms with Crippen LogP contribution in [0.1, 0.15) is 35.8 Å². The highest BCUT2D eigenvalue weighted by Crippen LogP contribution is 2.22. The number of pyridine rings is 1. The molecule has 0 spiro atoms. The number of aromatic nitrogens is 1. The van der Waals surface area contributed by atoms with Crippen molar-refractivity contribution in [1.29, 1.82) is 0 Å². The summed E-state index contributed by atoms with van der Waals surface area (Å²) in [7, 11) is 0. The second-order valence-electron chi connectivity index (χ2n) is 5.09. The zero-order chi connectivity index (χ0) is 14.0. The molecular formula is C13H17N3O2S. The van der Waals surface area contributed by atoms with E-state index in [4.69, 9.17) is 18.0 Å². The predicted octanol–water partition coefficient (Wildman–Crippen LogP) is 0.703. The Hall–Kier alpha value is -1.53. The molecule has 1 fully saturated rings. The zero-order valence-electron chi connectivity index (χ0n) is 10.8. The minimum absolute atomic E-state index is 0.120. The third-order valence-corrected chi connectivity index (χ3v) is 3.63. The number of nitrogens with two attached hydrogens (primary N) is 1. The summed E-state index contributed by atoms with van der Waals surface area (Å²) < 4.78 is 0. The van der Waals surface area contributed by atoms with Gasteiger partial charge in [-0.3, -0.25) is 9.78 Å². The number of amides is 1. The van der Waals surface area contributed by atoms with Gasteiger partial charge in [-0.15, -0.1) is 0 Å². The number of piperidine rings is 1. The lowest BCUT2D eigenvalue weighted by molar-refractivity contribution is -0.00219. The normalized spacial score (nSPS) is 18.1. The summed E-state index contributed by atoms with van der Waals surface area (Å²) in [6.45, 7) is 2.89. The fraction of sp³-hybridized carbons (Fsp3) is 0.462. The van der Waals surface area contributed by atoms with Crippen molar-refractivity contribution in [2.75, 3.05) is 13.1 Å². The number of likely N-dealkylation sites (tertiary alicyclic amines) is 1. The summed E-state index contributed by atoms with van der Waals surface area (Å²) in [6, 6.07) is 3.33. The quantitative estimate of drug-likeness (QED) is 0.779. The van der Waals surface area contributed by atoms with E-state index in [9.17, 15) is 9.90 Å². The Morgan fingerprint density at radius 1 is 1.47 bits per heavy atom. The standard InChI is InChI=1S/C13H17N3O2S/c1-13(18)4-6-16(7-5-13)12(17)10-3-2-9(8-15-10)11(14)19/h2-3,8,18H,4-7H2,1H3,(H2,14,19). The van der Waals surface area contributed by atoms with Crippen LogP contribution in [0.2, 0.25) is 0 Å². The molecule has 0 saturated carbocycles. The minimum atomic E-state index is -0.667. The largest absolute Gasteiger partial charge is 0.390 e. The van der Waals surface area contributed by atoms with Gasteiger partial charge in [0.25, 0.3) is 5.91 Å². The lowest BCUT2D eigenvalue weighted by Crippen LogP contribution is -2.45. The molecule has 1 aromatic heterocycles. The number of nitrogens with zero attached hydrogens (tertiary/aromatic N) is 2. The number of aliphatic hydroxyl groups is 1. The van der Waals surface area contributed by atoms with E-state index >= 15 is 0 Å². The van der Waals surface area contributed by atoms with Crippen LogP contribution in [0.4, 0.5) is 0 Å². The van der Waals surface area contributed by atoms with Gasteiger partial charge < -0.3 is 15.7 Å². The molecule has 0 radical (unpaired) electrons. The van der Waals surface area contributed by atoms with Crippen molar-refractivity contribution in [3.8, 4) is 0 Å². The number of carbonyl (C=O) groups is 1. The van der Waals surface area contributed by atoms with Crippen molar-refractivity contribution in [1.82, 2.24) is 9.88 Å². The summed E-state index contributed by atoms with van der Waals surface area (Å²) >= 11 is 4.84. The van der Waals surface area contributed by atoms with E-state index in [0.29, 0.717) is 37.2 Å². The molecule has 1 saturated heterocycles. The molecule has 0 atom stereocenters. The van der Waals surface area contributed by atoms with Crippen LogP contribution >= 0.6 is 12.2 Å². The van der Waals surface area contributed by atoms with Crippen molar-refractivity contribution in [2.45, 2.75) is 25.4 Å². The van der Waals surface area contributed by atoms with E-state index in [-0.39, 0.29) is 10.9 Å². The second-order valence-corrected chi connectivity index (χ2v) is 5.53. The molecule has 1 aromatic rings. The summed E-state index contributed by atoms with van der Waals surface area (Å²) in [5.74, 6) is -0.120. The molecule has 102 valence electrons. The molecule has 5 nitrogen and oxygen atoms in total. The third kappa shape index (κ3) is 3.27. The Kier molecular flexibility index (Phi) is 3.82. The molecule has 1 amide bonds. The molecular weight excluding hydrogens is 262 g/mol. The summed E-state index contributed by atoms with van der Waals surface area (Å²) in [6.07, 6.45) is 2.68. The van der Waals surface area contributed by atoms with Gasteiger partial charge in [-0.25, -0.2) is 0 Å². The van der Waals surface area contributed by atoms with Gasteiger partial charge in [-0.2, -0.15) is 0 Å². The Morgan fingerprint density at radius 2 is 2.11 bits per heavy atom. The van der Waals surface area contributed by atoms with E-state index < -0.39 is 5.60 Å². The third-order valence-electron chi connectivity index (χ3n) is 3.39. The van der Waals surface area contributed by atoms with Gasteiger partial charge in [-0.05, 0) is 31.9 Å². The lowest BCUT2D eigenvalue weighted by atomic mass is 9.94. The molecule has 1 aliphatic rings. The number of rotatable bonds is 2. The number of carbonyl (C=O) groups excluding carboxylic acids is 1. The van der Waals surface area contributed by atoms with Crippen molar-refractivity contribution in [3.63, 3.8) is 0 Å². The first-order valence-electron chi connectivity index (χ1n) is 6.16. The van der Waals surface area contributed by atoms with Gasteiger partial charge in [0, 0.05) is 24.8 Å². The van der Waals surface area contributed by atoms with E-state index in [1.54, 1.807) is 24.0 Å². The second kappa shape index (κ2) is 5.22. The van der Waals surface area contributed by atoms with Gasteiger partial charge in [0.1, 0.15) is 10.7 Å². The first-order chi connectivity index (χ1) is 8.89. The van der Waals surface area contributed by atoms with Crippen molar-refractivity contribution < 1.29 is 9.90 Å². The molecule has 6 heteroatoms. The molecule has 2 rings (SSSR count). The molecule has 0 aromatic carbocycles. The van der Waals surface area contributed by atoms with Crippen LogP contribution in [0.25, 0.3) is 0 Å². The van der Waals surface area contributed by atoms with Crippen LogP contribution in [0.5, 0.6) is 0 Å². The monoisotopic (exact) mass is 279 g/mol. The molecule has 0 bridgehead atoms. The minimum Gasteiger partial charge on any atom is -0.390 e. The van der Waals surface area contributed by atoms with E-state index in [2.05, 4.69) is 4.98 Å². The van der Waals surface area contributed by atoms with Gasteiger partial charge >= 0.3 is 0 Å². The average Bonchev–Trinajstić information content (AvgIpc) is 2.38. The van der Waals surface area contributed by atoms with E-state index in [1.807, 2.05) is 0 Å². The smallest absolute Gasteiger partial charge is 0.272 e. The van der Waals surface area contributed by atoms with E-state index in [1.165, 1.54) is 6.20 Å². The van der Waals surface area contributed by atoms with Gasteiger partial charge in [0.15, 0.2) is 0 Å². The molecule has 19 heavy (non-hydrogen) atoms. The van der Waals surface area contributed by atoms with E-state index in [0.717, 1.165) is 0 Å².